The third-order valence-corrected chi connectivity index (χ3v) is 5.72. The highest BCUT2D eigenvalue weighted by atomic mass is 32.1. The lowest BCUT2D eigenvalue weighted by Gasteiger charge is -2.17. The molecule has 0 aliphatic rings. The van der Waals surface area contributed by atoms with Crippen LogP contribution in [0.25, 0.3) is 10.9 Å². The van der Waals surface area contributed by atoms with Gasteiger partial charge in [-0.05, 0) is 36.8 Å². The van der Waals surface area contributed by atoms with E-state index in [0.29, 0.717) is 28.1 Å². The second-order valence-corrected chi connectivity index (χ2v) is 7.94. The van der Waals surface area contributed by atoms with Crippen LogP contribution in [0.4, 0.5) is 5.00 Å². The molecule has 3 aromatic rings. The molecule has 2 aromatic heterocycles. The Kier molecular flexibility index (Phi) is 8.62. The number of aliphatic hydroxyl groups excluding tert-OH is 1. The van der Waals surface area contributed by atoms with Gasteiger partial charge in [-0.15, -0.1) is 11.3 Å². The molecule has 2 heterocycles. The monoisotopic (exact) mass is 460 g/mol. The van der Waals surface area contributed by atoms with Crippen molar-refractivity contribution in [3.8, 4) is 0 Å². The van der Waals surface area contributed by atoms with E-state index in [2.05, 4.69) is 15.3 Å². The predicted molar refractivity (Wildman–Crippen MR) is 121 cm³/mol. The van der Waals surface area contributed by atoms with E-state index in [9.17, 15) is 14.4 Å². The van der Waals surface area contributed by atoms with Gasteiger partial charge < -0.3 is 30.2 Å². The van der Waals surface area contributed by atoms with Gasteiger partial charge in [0.1, 0.15) is 18.7 Å². The Bertz CT molecular complexity index is 1160. The summed E-state index contributed by atoms with van der Waals surface area (Å²) in [6.45, 7) is 3.90. The number of thiophene rings is 1. The zero-order chi connectivity index (χ0) is 23.8. The number of aryl methyl sites for hydroxylation is 1. The number of nitrogens with one attached hydrogen (secondary N) is 2. The summed E-state index contributed by atoms with van der Waals surface area (Å²) in [4.78, 5) is 53.0. The van der Waals surface area contributed by atoms with Crippen molar-refractivity contribution in [3.63, 3.8) is 0 Å². The highest BCUT2D eigenvalue weighted by Crippen LogP contribution is 2.27. The number of aromatic amines is 1. The summed E-state index contributed by atoms with van der Waals surface area (Å²) in [6.07, 6.45) is -0.0608. The zero-order valence-corrected chi connectivity index (χ0v) is 18.4. The maximum Gasteiger partial charge on any atom is 0.326 e. The first-order valence-corrected chi connectivity index (χ1v) is 10.3. The van der Waals surface area contributed by atoms with E-state index in [1.54, 1.807) is 31.2 Å². The van der Waals surface area contributed by atoms with Crippen molar-refractivity contribution in [1.29, 1.82) is 0 Å². The first-order chi connectivity index (χ1) is 15.3. The minimum Gasteiger partial charge on any atom is -0.480 e. The SMILES string of the molecule is C=O.Cc1nc2ccc(CN(C)c3ccc(C(=O)N[C@@H](CCO)C(=O)O)s3)cc2c(=O)[nH]1. The maximum atomic E-state index is 12.3. The number of carbonyl (C=O) groups excluding carboxylic acids is 2. The van der Waals surface area contributed by atoms with Crippen molar-refractivity contribution in [2.75, 3.05) is 18.6 Å². The number of carbonyl (C=O) groups is 3. The van der Waals surface area contributed by atoms with E-state index in [4.69, 9.17) is 15.0 Å². The standard InChI is InChI=1S/C20H22N4O5S.CH2O/c1-11-21-14-4-3-12(9-13(14)18(26)22-11)10-24(2)17-6-5-16(30-17)19(27)23-15(7-8-25)20(28)29;1-2/h3-6,9,15,25H,7-8,10H2,1-2H3,(H,23,27)(H,28,29)(H,21,22,26);1H2/t15-;/m0./s1. The summed E-state index contributed by atoms with van der Waals surface area (Å²) in [5.74, 6) is -1.13. The van der Waals surface area contributed by atoms with Gasteiger partial charge in [0, 0.05) is 26.6 Å². The number of hydrogen-bond acceptors (Lipinski definition) is 8. The molecular weight excluding hydrogens is 436 g/mol. The lowest BCUT2D eigenvalue weighted by Crippen LogP contribution is -2.41. The summed E-state index contributed by atoms with van der Waals surface area (Å²) in [5, 5.41) is 21.8. The average Bonchev–Trinajstić information content (AvgIpc) is 3.26. The quantitative estimate of drug-likeness (QED) is 0.393. The third kappa shape index (κ3) is 5.99. The Morgan fingerprint density at radius 3 is 2.66 bits per heavy atom. The number of rotatable bonds is 8. The number of benzene rings is 1. The number of anilines is 1. The van der Waals surface area contributed by atoms with Crippen LogP contribution < -0.4 is 15.8 Å². The summed E-state index contributed by atoms with van der Waals surface area (Å²) < 4.78 is 0. The van der Waals surface area contributed by atoms with E-state index >= 15 is 0 Å². The van der Waals surface area contributed by atoms with Gasteiger partial charge in [-0.2, -0.15) is 0 Å². The molecule has 0 spiro atoms. The summed E-state index contributed by atoms with van der Waals surface area (Å²) in [7, 11) is 1.86. The molecule has 11 heteroatoms. The molecule has 0 unspecified atom stereocenters. The van der Waals surface area contributed by atoms with E-state index in [-0.39, 0.29) is 18.6 Å². The molecule has 1 aromatic carbocycles. The number of nitrogens with zero attached hydrogens (tertiary/aromatic N) is 2. The lowest BCUT2D eigenvalue weighted by molar-refractivity contribution is -0.139. The van der Waals surface area contributed by atoms with Gasteiger partial charge in [-0.3, -0.25) is 9.59 Å². The number of carboxylic acids is 1. The normalized spacial score (nSPS) is 11.3. The molecule has 0 aliphatic heterocycles. The van der Waals surface area contributed by atoms with Crippen molar-refractivity contribution < 1.29 is 24.6 Å². The maximum absolute atomic E-state index is 12.3. The van der Waals surface area contributed by atoms with Crippen LogP contribution in [0.15, 0.2) is 35.1 Å². The number of amides is 1. The van der Waals surface area contributed by atoms with Crippen molar-refractivity contribution in [3.05, 3.63) is 57.0 Å². The highest BCUT2D eigenvalue weighted by Gasteiger charge is 2.21. The molecule has 1 amide bonds. The largest absolute Gasteiger partial charge is 0.480 e. The number of fused-ring (bicyclic) bond motifs is 1. The second kappa shape index (κ2) is 11.2. The summed E-state index contributed by atoms with van der Waals surface area (Å²) in [5.41, 5.74) is 1.36. The number of aliphatic carboxylic acids is 1. The lowest BCUT2D eigenvalue weighted by atomic mass is 10.1. The molecule has 32 heavy (non-hydrogen) atoms. The average molecular weight is 461 g/mol. The Morgan fingerprint density at radius 1 is 1.28 bits per heavy atom. The van der Waals surface area contributed by atoms with Crippen LogP contribution >= 0.6 is 11.3 Å². The molecule has 4 N–H and O–H groups in total. The van der Waals surface area contributed by atoms with Gasteiger partial charge in [0.25, 0.3) is 11.5 Å². The van der Waals surface area contributed by atoms with Gasteiger partial charge >= 0.3 is 5.97 Å². The number of carboxylic acid groups (broad SMARTS) is 1. The Morgan fingerprint density at radius 2 is 2.00 bits per heavy atom. The van der Waals surface area contributed by atoms with Crippen LogP contribution in [-0.2, 0) is 16.1 Å². The number of hydrogen-bond donors (Lipinski definition) is 4. The number of H-pyrrole nitrogens is 1. The topological polar surface area (TPSA) is 153 Å². The van der Waals surface area contributed by atoms with Crippen LogP contribution in [-0.4, -0.2) is 58.5 Å². The van der Waals surface area contributed by atoms with Crippen molar-refractivity contribution in [1.82, 2.24) is 15.3 Å². The number of aromatic nitrogens is 2. The van der Waals surface area contributed by atoms with Crippen LogP contribution in [0, 0.1) is 6.92 Å². The second-order valence-electron chi connectivity index (χ2n) is 6.87. The minimum absolute atomic E-state index is 0.0608. The molecule has 0 aliphatic carbocycles. The molecule has 170 valence electrons. The van der Waals surface area contributed by atoms with Crippen LogP contribution in [0.2, 0.25) is 0 Å². The fourth-order valence-electron chi connectivity index (χ4n) is 3.02. The molecule has 10 nitrogen and oxygen atoms in total. The van der Waals surface area contributed by atoms with Crippen molar-refractivity contribution in [2.45, 2.75) is 25.9 Å². The molecular formula is C21H24N4O6S. The van der Waals surface area contributed by atoms with Gasteiger partial charge in [0.05, 0.1) is 20.8 Å². The van der Waals surface area contributed by atoms with Gasteiger partial charge in [-0.25, -0.2) is 9.78 Å². The van der Waals surface area contributed by atoms with Crippen molar-refractivity contribution in [2.24, 2.45) is 0 Å². The van der Waals surface area contributed by atoms with E-state index < -0.39 is 17.9 Å². The van der Waals surface area contributed by atoms with E-state index in [1.807, 2.05) is 24.8 Å². The molecule has 0 bridgehead atoms. The molecule has 1 atom stereocenters. The molecule has 0 fully saturated rings. The first kappa shape index (κ1) is 24.7. The third-order valence-electron chi connectivity index (χ3n) is 4.52. The summed E-state index contributed by atoms with van der Waals surface area (Å²) in [6, 6.07) is 7.77. The fraction of sp³-hybridized carbons (Fsp3) is 0.286. The smallest absolute Gasteiger partial charge is 0.326 e. The van der Waals surface area contributed by atoms with Crippen LogP contribution in [0.3, 0.4) is 0 Å². The van der Waals surface area contributed by atoms with Crippen LogP contribution in [0.1, 0.15) is 27.5 Å². The van der Waals surface area contributed by atoms with Crippen molar-refractivity contribution >= 4 is 45.9 Å². The van der Waals surface area contributed by atoms with E-state index in [0.717, 1.165) is 10.6 Å². The zero-order valence-electron chi connectivity index (χ0n) is 17.6. The summed E-state index contributed by atoms with van der Waals surface area (Å²) >= 11 is 1.23. The first-order valence-electron chi connectivity index (χ1n) is 9.52. The van der Waals surface area contributed by atoms with Gasteiger partial charge in [-0.1, -0.05) is 6.07 Å². The van der Waals surface area contributed by atoms with Crippen LogP contribution in [0.5, 0.6) is 0 Å². The molecule has 0 radical (unpaired) electrons. The molecule has 3 rings (SSSR count). The Hall–Kier alpha value is -3.57. The number of aliphatic hydroxyl groups is 1. The molecule has 0 saturated carbocycles. The minimum atomic E-state index is -1.19. The fourth-order valence-corrected chi connectivity index (χ4v) is 3.89. The highest BCUT2D eigenvalue weighted by molar-refractivity contribution is 7.17. The molecule has 0 saturated heterocycles. The van der Waals surface area contributed by atoms with Gasteiger partial charge in [0.2, 0.25) is 0 Å². The Balaban J connectivity index is 0.00000176. The predicted octanol–water partition coefficient (Wildman–Crippen LogP) is 1.31. The van der Waals surface area contributed by atoms with Gasteiger partial charge in [0.15, 0.2) is 0 Å². The Labute approximate surface area is 187 Å². The van der Waals surface area contributed by atoms with E-state index in [1.165, 1.54) is 11.3 Å².